The third-order valence-electron chi connectivity index (χ3n) is 8.83. The highest BCUT2D eigenvalue weighted by atomic mass is 32.2. The summed E-state index contributed by atoms with van der Waals surface area (Å²) < 4.78 is 11.5. The second-order valence-corrected chi connectivity index (χ2v) is 14.0. The number of hydrogen-bond acceptors (Lipinski definition) is 12. The second-order valence-electron chi connectivity index (χ2n) is 11.4. The predicted octanol–water partition coefficient (Wildman–Crippen LogP) is -2.52. The van der Waals surface area contributed by atoms with Crippen molar-refractivity contribution in [2.24, 2.45) is 17.6 Å². The molecule has 6 aliphatic rings. The van der Waals surface area contributed by atoms with Gasteiger partial charge in [0.2, 0.25) is 5.91 Å². The number of carbonyl (C=O) groups excluding carboxylic acids is 2. The zero-order valence-electron chi connectivity index (χ0n) is 22.3. The minimum atomic E-state index is -0.381. The summed E-state index contributed by atoms with van der Waals surface area (Å²) in [6.45, 7) is 4.84. The van der Waals surface area contributed by atoms with E-state index in [1.165, 1.54) is 12.8 Å². The summed E-state index contributed by atoms with van der Waals surface area (Å²) in [6.07, 6.45) is 5.73. The molecule has 4 saturated heterocycles. The largest absolute Gasteiger partial charge is 0.378 e. The highest BCUT2D eigenvalue weighted by Gasteiger charge is 2.50. The highest BCUT2D eigenvalue weighted by Crippen LogP contribution is 2.45. The van der Waals surface area contributed by atoms with E-state index in [1.807, 2.05) is 11.8 Å². The Labute approximate surface area is 238 Å². The summed E-state index contributed by atoms with van der Waals surface area (Å²) in [5.74, 6) is -0.410. The first-order valence-electron chi connectivity index (χ1n) is 14.4. The van der Waals surface area contributed by atoms with E-state index in [2.05, 4.69) is 37.2 Å². The molecule has 10 atom stereocenters. The fourth-order valence-corrected chi connectivity index (χ4v) is 9.61. The van der Waals surface area contributed by atoms with Crippen molar-refractivity contribution in [3.63, 3.8) is 0 Å². The lowest BCUT2D eigenvalue weighted by atomic mass is 9.91. The van der Waals surface area contributed by atoms with Crippen LogP contribution in [0, 0.1) is 11.8 Å². The van der Waals surface area contributed by atoms with Gasteiger partial charge in [0.15, 0.2) is 5.78 Å². The third-order valence-corrected chi connectivity index (χ3v) is 11.8. The van der Waals surface area contributed by atoms with E-state index in [-0.39, 0.29) is 58.1 Å². The van der Waals surface area contributed by atoms with Crippen LogP contribution < -0.4 is 38.1 Å². The fraction of sp³-hybridized carbons (Fsp3) is 0.840. The van der Waals surface area contributed by atoms with Crippen LogP contribution in [0.2, 0.25) is 0 Å². The van der Waals surface area contributed by atoms with Gasteiger partial charge in [0.1, 0.15) is 12.4 Å². The summed E-state index contributed by atoms with van der Waals surface area (Å²) in [5, 5.41) is 19.4. The van der Waals surface area contributed by atoms with Gasteiger partial charge < -0.3 is 31.2 Å². The van der Waals surface area contributed by atoms with Crippen molar-refractivity contribution in [1.29, 1.82) is 0 Å². The number of rotatable bonds is 7. The van der Waals surface area contributed by atoms with Crippen molar-refractivity contribution in [1.82, 2.24) is 31.5 Å². The van der Waals surface area contributed by atoms with Gasteiger partial charge in [-0.2, -0.15) is 0 Å². The smallest absolute Gasteiger partial charge is 0.224 e. The molecular formula is C25H43N8O4S2+. The number of morpholine rings is 1. The molecule has 1 saturated carbocycles. The Morgan fingerprint density at radius 1 is 1.15 bits per heavy atom. The van der Waals surface area contributed by atoms with E-state index in [9.17, 15) is 9.59 Å². The van der Waals surface area contributed by atoms with Gasteiger partial charge in [-0.05, 0) is 12.8 Å². The van der Waals surface area contributed by atoms with Crippen molar-refractivity contribution in [2.75, 3.05) is 46.0 Å². The normalized spacial score (nSPS) is 43.3. The maximum atomic E-state index is 12.9. The molecule has 6 rings (SSSR count). The van der Waals surface area contributed by atoms with E-state index in [0.29, 0.717) is 38.4 Å². The molecule has 0 radical (unpaired) electrons. The summed E-state index contributed by atoms with van der Waals surface area (Å²) in [7, 11) is 0. The molecule has 12 nitrogen and oxygen atoms in total. The number of thioether (sulfide) groups is 2. The molecule has 218 valence electrons. The van der Waals surface area contributed by atoms with Crippen molar-refractivity contribution in [3.8, 4) is 0 Å². The Morgan fingerprint density at radius 3 is 2.77 bits per heavy atom. The van der Waals surface area contributed by atoms with Gasteiger partial charge in [0.25, 0.3) is 0 Å². The first-order chi connectivity index (χ1) is 19.0. The lowest BCUT2D eigenvalue weighted by molar-refractivity contribution is -0.431. The average molecular weight is 584 g/mol. The molecule has 0 aromatic carbocycles. The van der Waals surface area contributed by atoms with Crippen LogP contribution in [0.1, 0.15) is 25.7 Å². The summed E-state index contributed by atoms with van der Waals surface area (Å²) in [5.41, 5.74) is 10.1. The fourth-order valence-electron chi connectivity index (χ4n) is 6.55. The second kappa shape index (κ2) is 12.5. The molecule has 39 heavy (non-hydrogen) atoms. The summed E-state index contributed by atoms with van der Waals surface area (Å²) in [4.78, 5) is 27.5. The minimum absolute atomic E-state index is 0.0737. The zero-order valence-corrected chi connectivity index (χ0v) is 23.9. The number of hydrogen-bond donors (Lipinski definition) is 7. The number of carbonyl (C=O) groups is 2. The lowest BCUT2D eigenvalue weighted by Gasteiger charge is -2.41. The predicted molar refractivity (Wildman–Crippen MR) is 150 cm³/mol. The number of amides is 1. The van der Waals surface area contributed by atoms with E-state index in [4.69, 9.17) is 15.2 Å². The molecule has 8 unspecified atom stereocenters. The molecular weight excluding hydrogens is 540 g/mol. The van der Waals surface area contributed by atoms with Crippen LogP contribution in [0.5, 0.6) is 0 Å². The first-order valence-corrected chi connectivity index (χ1v) is 16.2. The van der Waals surface area contributed by atoms with E-state index < -0.39 is 0 Å². The van der Waals surface area contributed by atoms with Gasteiger partial charge in [-0.15, -0.1) is 23.5 Å². The number of nitrogens with zero attached hydrogens (tertiary/aromatic N) is 1. The van der Waals surface area contributed by atoms with Crippen LogP contribution in [0.4, 0.5) is 0 Å². The number of nitrogens with one attached hydrogen (secondary N) is 5. The molecule has 10 N–H and O–H groups in total. The molecule has 1 amide bonds. The van der Waals surface area contributed by atoms with Crippen molar-refractivity contribution in [3.05, 3.63) is 11.1 Å². The van der Waals surface area contributed by atoms with E-state index >= 15 is 0 Å². The highest BCUT2D eigenvalue weighted by molar-refractivity contribution is 8.04. The molecule has 1 aliphatic carbocycles. The number of primary amides is 1. The number of quaternary nitrogens is 1. The van der Waals surface area contributed by atoms with Crippen molar-refractivity contribution < 1.29 is 24.8 Å². The number of ether oxygens (including phenoxy) is 2. The Hall–Kier alpha value is -0.940. The molecule has 5 heterocycles. The minimum Gasteiger partial charge on any atom is -0.378 e. The van der Waals surface area contributed by atoms with Gasteiger partial charge in [-0.25, -0.2) is 0 Å². The maximum absolute atomic E-state index is 12.9. The quantitative estimate of drug-likeness (QED) is 0.168. The number of fused-ring (bicyclic) bond motifs is 1. The third kappa shape index (κ3) is 6.30. The first kappa shape index (κ1) is 28.2. The van der Waals surface area contributed by atoms with Crippen LogP contribution in [0.3, 0.4) is 0 Å². The Balaban J connectivity index is 1.06. The van der Waals surface area contributed by atoms with Crippen molar-refractivity contribution >= 4 is 35.2 Å². The molecule has 0 aromatic heterocycles. The van der Waals surface area contributed by atoms with Crippen LogP contribution in [-0.2, 0) is 19.1 Å². The summed E-state index contributed by atoms with van der Waals surface area (Å²) in [6, 6.07) is 0.738. The van der Waals surface area contributed by atoms with E-state index in [0.717, 1.165) is 37.5 Å². The van der Waals surface area contributed by atoms with Crippen molar-refractivity contribution in [2.45, 2.75) is 72.3 Å². The van der Waals surface area contributed by atoms with Crippen LogP contribution in [0.25, 0.3) is 0 Å². The molecule has 5 fully saturated rings. The number of ketones is 1. The molecule has 14 heteroatoms. The van der Waals surface area contributed by atoms with Gasteiger partial charge in [0, 0.05) is 44.6 Å². The van der Waals surface area contributed by atoms with E-state index in [1.54, 1.807) is 17.8 Å². The Morgan fingerprint density at radius 2 is 1.97 bits per heavy atom. The molecule has 0 spiro atoms. The average Bonchev–Trinajstić information content (AvgIpc) is 3.58. The molecule has 5 aliphatic heterocycles. The Bertz CT molecular complexity index is 940. The SMILES string of the molecule is NC(=O)C1CNC(N[C@H]2CCCC[C@H]2[NH3+])NC1NC1CNC(C2COC3C(=O)C=C(N4CCOCC4)SC32)S1. The Kier molecular flexibility index (Phi) is 9.04. The molecule has 0 aromatic rings. The summed E-state index contributed by atoms with van der Waals surface area (Å²) >= 11 is 3.61. The van der Waals surface area contributed by atoms with Crippen LogP contribution in [-0.4, -0.2) is 109 Å². The maximum Gasteiger partial charge on any atom is 0.224 e. The monoisotopic (exact) mass is 583 g/mol. The molecule has 0 bridgehead atoms. The van der Waals surface area contributed by atoms with Gasteiger partial charge >= 0.3 is 0 Å². The zero-order chi connectivity index (χ0) is 26.9. The topological polar surface area (TPSA) is 170 Å². The van der Waals surface area contributed by atoms with Crippen LogP contribution in [0.15, 0.2) is 11.1 Å². The standard InChI is InChI=1S/C25H42N8O4S2/c26-15-3-1-2-4-16(15)30-25-29-10-13(22(27)35)23(32-25)31-18-11-28-24(38-18)14-12-37-20-17(34)9-19(39-21(14)20)33-5-7-36-8-6-33/h9,13-16,18,20-21,23-25,28-32H,1-8,10-12,26H2,(H2,27,35)/p+1/t13?,14?,15-,16+,18?,20?,21?,23?,24?,25?/m1/s1. The lowest BCUT2D eigenvalue weighted by Crippen LogP contribution is -2.76. The van der Waals surface area contributed by atoms with Crippen LogP contribution >= 0.6 is 23.5 Å². The van der Waals surface area contributed by atoms with Gasteiger partial charge in [-0.1, -0.05) is 6.42 Å². The van der Waals surface area contributed by atoms with Gasteiger partial charge in [-0.3, -0.25) is 30.9 Å². The number of nitrogens with two attached hydrogens (primary N) is 1. The van der Waals surface area contributed by atoms with Gasteiger partial charge in [0.05, 0.1) is 65.0 Å².